The highest BCUT2D eigenvalue weighted by Gasteiger charge is 2.19. The maximum Gasteiger partial charge on any atom is 0.306 e. The lowest BCUT2D eigenvalue weighted by Crippen LogP contribution is -2.30. The van der Waals surface area contributed by atoms with Crippen LogP contribution in [-0.2, 0) is 28.6 Å². The highest BCUT2D eigenvalue weighted by atomic mass is 16.6. The lowest BCUT2D eigenvalue weighted by molar-refractivity contribution is -0.167. The van der Waals surface area contributed by atoms with Gasteiger partial charge in [-0.25, -0.2) is 0 Å². The van der Waals surface area contributed by atoms with Gasteiger partial charge < -0.3 is 14.2 Å². The van der Waals surface area contributed by atoms with Crippen LogP contribution in [0.5, 0.6) is 0 Å². The third-order valence-electron chi connectivity index (χ3n) is 8.83. The number of ether oxygens (including phenoxy) is 3. The second-order valence-electron chi connectivity index (χ2n) is 13.8. The second-order valence-corrected chi connectivity index (χ2v) is 13.8. The van der Waals surface area contributed by atoms with E-state index in [-0.39, 0.29) is 37.5 Å². The molecule has 0 bridgehead atoms. The Bertz CT molecular complexity index is 918. The Balaban J connectivity index is 4.35. The fourth-order valence-electron chi connectivity index (χ4n) is 5.69. The van der Waals surface area contributed by atoms with Crippen LogP contribution in [0.1, 0.15) is 201 Å². The highest BCUT2D eigenvalue weighted by molar-refractivity contribution is 5.71. The number of hydrogen-bond donors (Lipinski definition) is 0. The Morgan fingerprint density at radius 1 is 0.412 bits per heavy atom. The molecule has 6 nitrogen and oxygen atoms in total. The van der Waals surface area contributed by atoms with Crippen molar-refractivity contribution in [2.45, 2.75) is 207 Å². The van der Waals surface area contributed by atoms with E-state index in [1.54, 1.807) is 0 Å². The van der Waals surface area contributed by atoms with Gasteiger partial charge in [0.1, 0.15) is 13.2 Å². The summed E-state index contributed by atoms with van der Waals surface area (Å²) in [5.41, 5.74) is 0. The van der Waals surface area contributed by atoms with Gasteiger partial charge >= 0.3 is 17.9 Å². The Labute approximate surface area is 314 Å². The van der Waals surface area contributed by atoms with Crippen LogP contribution in [0.2, 0.25) is 0 Å². The molecule has 1 unspecified atom stereocenters. The lowest BCUT2D eigenvalue weighted by atomic mass is 10.0. The maximum absolute atomic E-state index is 12.6. The minimum Gasteiger partial charge on any atom is -0.462 e. The van der Waals surface area contributed by atoms with Gasteiger partial charge in [-0.15, -0.1) is 0 Å². The molecule has 6 heteroatoms. The molecule has 0 aliphatic heterocycles. The molecule has 1 atom stereocenters. The molecular weight excluding hydrogens is 636 g/mol. The van der Waals surface area contributed by atoms with E-state index in [1.807, 2.05) is 0 Å². The average Bonchev–Trinajstić information content (AvgIpc) is 3.12. The standard InChI is InChI=1S/C45H78O6/c1-4-7-10-13-16-19-20-21-22-23-24-27-29-32-35-38-44(47)50-41-42(51-45(48)39-36-33-30-26-18-15-12-9-6-3)40-49-43(46)37-34-31-28-25-17-14-11-8-5-2/h8-9,11-12,17-18,25-26,42H,4-7,10,13-16,19-24,27-41H2,1-3H3/b11-8-,12-9-,25-17-,26-18-. The highest BCUT2D eigenvalue weighted by Crippen LogP contribution is 2.14. The summed E-state index contributed by atoms with van der Waals surface area (Å²) >= 11 is 0. The van der Waals surface area contributed by atoms with Crippen molar-refractivity contribution in [3.63, 3.8) is 0 Å². The van der Waals surface area contributed by atoms with E-state index in [4.69, 9.17) is 14.2 Å². The first-order chi connectivity index (χ1) is 25.0. The Morgan fingerprint density at radius 3 is 1.18 bits per heavy atom. The molecule has 0 aromatic carbocycles. The topological polar surface area (TPSA) is 78.9 Å². The third-order valence-corrected chi connectivity index (χ3v) is 8.83. The molecule has 0 saturated heterocycles. The van der Waals surface area contributed by atoms with E-state index >= 15 is 0 Å². The maximum atomic E-state index is 12.6. The smallest absolute Gasteiger partial charge is 0.306 e. The summed E-state index contributed by atoms with van der Waals surface area (Å²) in [5.74, 6) is -0.976. The second kappa shape index (κ2) is 40.1. The summed E-state index contributed by atoms with van der Waals surface area (Å²) in [6.07, 6.45) is 45.5. The predicted octanol–water partition coefficient (Wildman–Crippen LogP) is 13.2. The number of hydrogen-bond acceptors (Lipinski definition) is 6. The normalized spacial score (nSPS) is 12.5. The fraction of sp³-hybridized carbons (Fsp3) is 0.756. The van der Waals surface area contributed by atoms with E-state index in [2.05, 4.69) is 69.4 Å². The number of esters is 3. The van der Waals surface area contributed by atoms with E-state index in [0.29, 0.717) is 19.3 Å². The van der Waals surface area contributed by atoms with Gasteiger partial charge in [-0.3, -0.25) is 14.4 Å². The molecule has 0 rings (SSSR count). The number of rotatable bonds is 37. The summed E-state index contributed by atoms with van der Waals surface area (Å²) in [4.78, 5) is 37.5. The van der Waals surface area contributed by atoms with Crippen molar-refractivity contribution in [2.75, 3.05) is 13.2 Å². The van der Waals surface area contributed by atoms with Crippen molar-refractivity contribution in [3.8, 4) is 0 Å². The van der Waals surface area contributed by atoms with Gasteiger partial charge in [0.25, 0.3) is 0 Å². The van der Waals surface area contributed by atoms with E-state index in [1.165, 1.54) is 77.0 Å². The van der Waals surface area contributed by atoms with Crippen LogP contribution < -0.4 is 0 Å². The molecule has 0 amide bonds. The van der Waals surface area contributed by atoms with Crippen molar-refractivity contribution in [1.82, 2.24) is 0 Å². The zero-order chi connectivity index (χ0) is 37.3. The van der Waals surface area contributed by atoms with Gasteiger partial charge in [-0.1, -0.05) is 159 Å². The zero-order valence-electron chi connectivity index (χ0n) is 33.4. The zero-order valence-corrected chi connectivity index (χ0v) is 33.4. The Kier molecular flexibility index (Phi) is 38.1. The fourth-order valence-corrected chi connectivity index (χ4v) is 5.69. The summed E-state index contributed by atoms with van der Waals surface area (Å²) in [6.45, 7) is 6.31. The van der Waals surface area contributed by atoms with Gasteiger partial charge in [-0.05, 0) is 70.6 Å². The largest absolute Gasteiger partial charge is 0.462 e. The monoisotopic (exact) mass is 715 g/mol. The molecule has 294 valence electrons. The van der Waals surface area contributed by atoms with Gasteiger partial charge in [0.15, 0.2) is 6.10 Å². The minimum absolute atomic E-state index is 0.0954. The van der Waals surface area contributed by atoms with Crippen molar-refractivity contribution in [1.29, 1.82) is 0 Å². The first-order valence-corrected chi connectivity index (χ1v) is 21.1. The average molecular weight is 715 g/mol. The summed E-state index contributed by atoms with van der Waals surface area (Å²) in [5, 5.41) is 0. The molecule has 0 spiro atoms. The van der Waals surface area contributed by atoms with Gasteiger partial charge in [0.2, 0.25) is 0 Å². The van der Waals surface area contributed by atoms with Crippen LogP contribution >= 0.6 is 0 Å². The molecule has 51 heavy (non-hydrogen) atoms. The SMILES string of the molecule is CC/C=C\C/C=C\CCCCC(=O)OCC(COC(=O)CCCCCCCCCCCCCCCCC)OC(=O)CCCC/C=C\C/C=C\CC. The van der Waals surface area contributed by atoms with E-state index in [0.717, 1.165) is 77.0 Å². The summed E-state index contributed by atoms with van der Waals surface area (Å²) in [6, 6.07) is 0. The van der Waals surface area contributed by atoms with Crippen molar-refractivity contribution < 1.29 is 28.6 Å². The molecule has 0 N–H and O–H groups in total. The van der Waals surface area contributed by atoms with E-state index in [9.17, 15) is 14.4 Å². The third kappa shape index (κ3) is 38.4. The summed E-state index contributed by atoms with van der Waals surface area (Å²) < 4.78 is 16.5. The van der Waals surface area contributed by atoms with Crippen LogP contribution in [-0.4, -0.2) is 37.2 Å². The van der Waals surface area contributed by atoms with Crippen LogP contribution in [0.4, 0.5) is 0 Å². The number of carbonyl (C=O) groups excluding carboxylic acids is 3. The number of allylic oxidation sites excluding steroid dienone is 8. The molecule has 0 radical (unpaired) electrons. The molecule has 0 aromatic heterocycles. The number of carbonyl (C=O) groups is 3. The van der Waals surface area contributed by atoms with Crippen LogP contribution in [0.3, 0.4) is 0 Å². The van der Waals surface area contributed by atoms with E-state index < -0.39 is 6.10 Å². The van der Waals surface area contributed by atoms with Gasteiger partial charge in [-0.2, -0.15) is 0 Å². The molecule has 0 aliphatic rings. The molecule has 0 aromatic rings. The first kappa shape index (κ1) is 48.4. The minimum atomic E-state index is -0.796. The van der Waals surface area contributed by atoms with Crippen molar-refractivity contribution >= 4 is 17.9 Å². The lowest BCUT2D eigenvalue weighted by Gasteiger charge is -2.18. The molecule has 0 aliphatic carbocycles. The summed E-state index contributed by atoms with van der Waals surface area (Å²) in [7, 11) is 0. The van der Waals surface area contributed by atoms with Crippen LogP contribution in [0, 0.1) is 0 Å². The molecule has 0 saturated carbocycles. The van der Waals surface area contributed by atoms with Crippen molar-refractivity contribution in [2.24, 2.45) is 0 Å². The predicted molar refractivity (Wildman–Crippen MR) is 215 cm³/mol. The first-order valence-electron chi connectivity index (χ1n) is 21.1. The van der Waals surface area contributed by atoms with Gasteiger partial charge in [0, 0.05) is 19.3 Å². The van der Waals surface area contributed by atoms with Crippen molar-refractivity contribution in [3.05, 3.63) is 48.6 Å². The van der Waals surface area contributed by atoms with Gasteiger partial charge in [0.05, 0.1) is 0 Å². The Morgan fingerprint density at radius 2 is 0.765 bits per heavy atom. The van der Waals surface area contributed by atoms with Crippen LogP contribution in [0.15, 0.2) is 48.6 Å². The Hall–Kier alpha value is -2.63. The molecule has 0 heterocycles. The number of unbranched alkanes of at least 4 members (excludes halogenated alkanes) is 18. The quantitative estimate of drug-likeness (QED) is 0.0276. The van der Waals surface area contributed by atoms with Crippen LogP contribution in [0.25, 0.3) is 0 Å². The molecule has 0 fully saturated rings. The molecular formula is C45H78O6.